The molecule has 1 unspecified atom stereocenters. The number of benzene rings is 1. The maximum atomic E-state index is 11.7. The van der Waals surface area contributed by atoms with E-state index in [1.54, 1.807) is 12.3 Å². The molecule has 0 aliphatic rings. The molecule has 5 nitrogen and oxygen atoms in total. The molecule has 0 saturated carbocycles. The molecule has 1 amide bonds. The molecule has 1 aromatic carbocycles. The molecule has 20 heavy (non-hydrogen) atoms. The summed E-state index contributed by atoms with van der Waals surface area (Å²) in [6.07, 6.45) is 4.15. The van der Waals surface area contributed by atoms with E-state index in [0.29, 0.717) is 19.4 Å². The Labute approximate surface area is 118 Å². The Bertz CT molecular complexity index is 530. The van der Waals surface area contributed by atoms with Gasteiger partial charge in [0.05, 0.1) is 12.2 Å². The van der Waals surface area contributed by atoms with E-state index in [4.69, 9.17) is 5.73 Å². The zero-order valence-corrected chi connectivity index (χ0v) is 11.2. The van der Waals surface area contributed by atoms with Gasteiger partial charge >= 0.3 is 0 Å². The van der Waals surface area contributed by atoms with Crippen molar-refractivity contribution in [2.45, 2.75) is 25.4 Å². The number of aromatic nitrogens is 2. The van der Waals surface area contributed by atoms with Gasteiger partial charge in [-0.1, -0.05) is 30.3 Å². The van der Waals surface area contributed by atoms with Gasteiger partial charge in [0.25, 0.3) is 0 Å². The van der Waals surface area contributed by atoms with E-state index in [-0.39, 0.29) is 11.9 Å². The molecule has 0 spiro atoms. The van der Waals surface area contributed by atoms with Gasteiger partial charge in [-0.25, -0.2) is 9.97 Å². The van der Waals surface area contributed by atoms with Crippen LogP contribution in [0.4, 0.5) is 0 Å². The summed E-state index contributed by atoms with van der Waals surface area (Å²) in [5.41, 5.74) is 7.89. The lowest BCUT2D eigenvalue weighted by atomic mass is 10.0. The number of nitrogens with two attached hydrogens (primary N) is 1. The smallest absolute Gasteiger partial charge is 0.220 e. The molecule has 0 fully saturated rings. The molecule has 2 rings (SSSR count). The van der Waals surface area contributed by atoms with Crippen LogP contribution in [0.5, 0.6) is 0 Å². The minimum atomic E-state index is -0.110. The van der Waals surface area contributed by atoms with E-state index in [1.807, 2.05) is 30.3 Å². The van der Waals surface area contributed by atoms with Gasteiger partial charge in [0, 0.05) is 18.7 Å². The first-order valence-corrected chi connectivity index (χ1v) is 6.58. The largest absolute Gasteiger partial charge is 0.350 e. The predicted octanol–water partition coefficient (Wildman–Crippen LogP) is 1.57. The van der Waals surface area contributed by atoms with Crippen LogP contribution in [0.1, 0.15) is 30.1 Å². The van der Waals surface area contributed by atoms with Crippen molar-refractivity contribution in [3.8, 4) is 0 Å². The van der Waals surface area contributed by atoms with E-state index in [9.17, 15) is 4.79 Å². The third kappa shape index (κ3) is 4.44. The van der Waals surface area contributed by atoms with Crippen LogP contribution in [0.15, 0.2) is 48.9 Å². The van der Waals surface area contributed by atoms with Gasteiger partial charge in [0.1, 0.15) is 6.33 Å². The summed E-state index contributed by atoms with van der Waals surface area (Å²) in [5.74, 6) is -0.0185. The van der Waals surface area contributed by atoms with Crippen molar-refractivity contribution >= 4 is 5.91 Å². The van der Waals surface area contributed by atoms with Crippen molar-refractivity contribution in [1.82, 2.24) is 15.3 Å². The van der Waals surface area contributed by atoms with E-state index >= 15 is 0 Å². The maximum Gasteiger partial charge on any atom is 0.220 e. The zero-order valence-electron chi connectivity index (χ0n) is 11.2. The summed E-state index contributed by atoms with van der Waals surface area (Å²) in [6, 6.07) is 11.5. The summed E-state index contributed by atoms with van der Waals surface area (Å²) in [5, 5.41) is 2.82. The normalized spacial score (nSPS) is 11.8. The predicted molar refractivity (Wildman–Crippen MR) is 76.5 cm³/mol. The fourth-order valence-electron chi connectivity index (χ4n) is 1.85. The molecule has 1 heterocycles. The molecule has 1 aromatic heterocycles. The van der Waals surface area contributed by atoms with Crippen molar-refractivity contribution in [1.29, 1.82) is 0 Å². The Hall–Kier alpha value is -2.27. The van der Waals surface area contributed by atoms with Crippen LogP contribution in [0, 0.1) is 0 Å². The van der Waals surface area contributed by atoms with Crippen LogP contribution in [-0.2, 0) is 11.3 Å². The second-order valence-corrected chi connectivity index (χ2v) is 4.53. The third-order valence-corrected chi connectivity index (χ3v) is 3.02. The highest BCUT2D eigenvalue weighted by Crippen LogP contribution is 2.14. The van der Waals surface area contributed by atoms with E-state index in [2.05, 4.69) is 15.3 Å². The van der Waals surface area contributed by atoms with Crippen molar-refractivity contribution in [3.63, 3.8) is 0 Å². The van der Waals surface area contributed by atoms with E-state index in [1.165, 1.54) is 6.33 Å². The van der Waals surface area contributed by atoms with E-state index in [0.717, 1.165) is 11.3 Å². The maximum absolute atomic E-state index is 11.7. The van der Waals surface area contributed by atoms with Gasteiger partial charge in [-0.05, 0) is 18.1 Å². The van der Waals surface area contributed by atoms with Crippen molar-refractivity contribution < 1.29 is 4.79 Å². The Balaban J connectivity index is 1.73. The number of hydrogen-bond donors (Lipinski definition) is 2. The van der Waals surface area contributed by atoms with Crippen LogP contribution >= 0.6 is 0 Å². The molecule has 0 saturated heterocycles. The Morgan fingerprint density at radius 1 is 1.25 bits per heavy atom. The van der Waals surface area contributed by atoms with Crippen molar-refractivity contribution in [2.24, 2.45) is 5.73 Å². The Kier molecular flexibility index (Phi) is 5.20. The molecule has 1 atom stereocenters. The molecule has 2 aromatic rings. The summed E-state index contributed by atoms with van der Waals surface area (Å²) in [4.78, 5) is 19.6. The van der Waals surface area contributed by atoms with Crippen molar-refractivity contribution in [3.05, 3.63) is 60.2 Å². The minimum absolute atomic E-state index is 0.0185. The minimum Gasteiger partial charge on any atom is -0.350 e. The first-order valence-electron chi connectivity index (χ1n) is 6.58. The van der Waals surface area contributed by atoms with Crippen LogP contribution in [0.3, 0.4) is 0 Å². The van der Waals surface area contributed by atoms with Gasteiger partial charge in [-0.3, -0.25) is 4.79 Å². The van der Waals surface area contributed by atoms with Gasteiger partial charge in [0.2, 0.25) is 5.91 Å². The molecular weight excluding hydrogens is 252 g/mol. The van der Waals surface area contributed by atoms with Crippen LogP contribution in [0.25, 0.3) is 0 Å². The average molecular weight is 270 g/mol. The molecule has 3 N–H and O–H groups in total. The van der Waals surface area contributed by atoms with Gasteiger partial charge in [-0.15, -0.1) is 0 Å². The standard InChI is InChI=1S/C15H18N4O/c16-14(12-4-2-1-3-5-12)6-7-15(20)18-10-13-8-9-17-11-19-13/h1-5,8-9,11,14H,6-7,10,16H2,(H,18,20). The lowest BCUT2D eigenvalue weighted by Gasteiger charge is -2.11. The first kappa shape index (κ1) is 14.1. The second kappa shape index (κ2) is 7.35. The number of carbonyl (C=O) groups is 1. The van der Waals surface area contributed by atoms with Crippen LogP contribution in [-0.4, -0.2) is 15.9 Å². The molecule has 0 radical (unpaired) electrons. The molecule has 0 bridgehead atoms. The summed E-state index contributed by atoms with van der Waals surface area (Å²) < 4.78 is 0. The first-order chi connectivity index (χ1) is 9.75. The lowest BCUT2D eigenvalue weighted by molar-refractivity contribution is -0.121. The number of hydrogen-bond acceptors (Lipinski definition) is 4. The fourth-order valence-corrected chi connectivity index (χ4v) is 1.85. The number of nitrogens with one attached hydrogen (secondary N) is 1. The fraction of sp³-hybridized carbons (Fsp3) is 0.267. The quantitative estimate of drug-likeness (QED) is 0.835. The van der Waals surface area contributed by atoms with Crippen molar-refractivity contribution in [2.75, 3.05) is 0 Å². The van der Waals surface area contributed by atoms with E-state index < -0.39 is 0 Å². The monoisotopic (exact) mass is 270 g/mol. The number of amides is 1. The van der Waals surface area contributed by atoms with Gasteiger partial charge < -0.3 is 11.1 Å². The summed E-state index contributed by atoms with van der Waals surface area (Å²) in [7, 11) is 0. The Morgan fingerprint density at radius 2 is 2.05 bits per heavy atom. The number of rotatable bonds is 6. The summed E-state index contributed by atoms with van der Waals surface area (Å²) >= 11 is 0. The van der Waals surface area contributed by atoms with Gasteiger partial charge in [0.15, 0.2) is 0 Å². The molecule has 104 valence electrons. The SMILES string of the molecule is NC(CCC(=O)NCc1ccncn1)c1ccccc1. The van der Waals surface area contributed by atoms with Crippen LogP contribution < -0.4 is 11.1 Å². The van der Waals surface area contributed by atoms with Gasteiger partial charge in [-0.2, -0.15) is 0 Å². The molecular formula is C15H18N4O. The number of nitrogens with zero attached hydrogens (tertiary/aromatic N) is 2. The van der Waals surface area contributed by atoms with Crippen LogP contribution in [0.2, 0.25) is 0 Å². The third-order valence-electron chi connectivity index (χ3n) is 3.02. The lowest BCUT2D eigenvalue weighted by Crippen LogP contribution is -2.24. The average Bonchev–Trinajstić information content (AvgIpc) is 2.52. The Morgan fingerprint density at radius 3 is 2.75 bits per heavy atom. The summed E-state index contributed by atoms with van der Waals surface area (Å²) in [6.45, 7) is 0.419. The molecule has 0 aliphatic carbocycles. The highest BCUT2D eigenvalue weighted by Gasteiger charge is 2.08. The zero-order chi connectivity index (χ0) is 14.2. The molecule has 5 heteroatoms. The topological polar surface area (TPSA) is 80.9 Å². The molecule has 0 aliphatic heterocycles. The highest BCUT2D eigenvalue weighted by atomic mass is 16.1. The number of carbonyl (C=O) groups excluding carboxylic acids is 1. The second-order valence-electron chi connectivity index (χ2n) is 4.53. The highest BCUT2D eigenvalue weighted by molar-refractivity contribution is 5.75.